The number of hydrogen-bond donors (Lipinski definition) is 0. The van der Waals surface area contributed by atoms with Crippen molar-refractivity contribution in [1.29, 1.82) is 0 Å². The van der Waals surface area contributed by atoms with E-state index in [1.807, 2.05) is 11.0 Å². The van der Waals surface area contributed by atoms with Crippen molar-refractivity contribution in [1.82, 2.24) is 14.4 Å². The van der Waals surface area contributed by atoms with E-state index in [4.69, 9.17) is 0 Å². The summed E-state index contributed by atoms with van der Waals surface area (Å²) in [6.07, 6.45) is 12.3. The summed E-state index contributed by atoms with van der Waals surface area (Å²) in [5, 5.41) is 0. The normalized spacial score (nSPS) is 14.2. The van der Waals surface area contributed by atoms with E-state index in [0.29, 0.717) is 25.4 Å². The topological polar surface area (TPSA) is 45.6 Å². The van der Waals surface area contributed by atoms with Gasteiger partial charge in [0, 0.05) is 37.4 Å². The molecule has 0 spiro atoms. The lowest BCUT2D eigenvalue weighted by Crippen LogP contribution is -2.48. The predicted molar refractivity (Wildman–Crippen MR) is 148 cm³/mol. The molecule has 0 unspecified atom stereocenters. The summed E-state index contributed by atoms with van der Waals surface area (Å²) in [5.74, 6) is 0.734. The summed E-state index contributed by atoms with van der Waals surface area (Å²) in [6.45, 7) is 8.77. The van der Waals surface area contributed by atoms with Gasteiger partial charge >= 0.3 is 0 Å². The third kappa shape index (κ3) is 8.83. The average Bonchev–Trinajstić information content (AvgIpc) is 3.32. The van der Waals surface area contributed by atoms with Gasteiger partial charge in [-0.2, -0.15) is 0 Å². The van der Waals surface area contributed by atoms with Gasteiger partial charge < -0.3 is 14.4 Å². The van der Waals surface area contributed by atoms with Crippen LogP contribution in [-0.4, -0.2) is 45.3 Å². The first-order chi connectivity index (χ1) is 17.5. The zero-order valence-corrected chi connectivity index (χ0v) is 22.8. The smallest absolute Gasteiger partial charge is 0.242 e. The molecular formula is C31H47N3O2. The molecule has 1 aliphatic rings. The number of amides is 2. The molecule has 0 bridgehead atoms. The van der Waals surface area contributed by atoms with E-state index in [-0.39, 0.29) is 24.4 Å². The number of carbonyl (C=O) groups excluding carboxylic acids is 2. The molecule has 0 aliphatic heterocycles. The second kappa shape index (κ2) is 14.9. The van der Waals surface area contributed by atoms with E-state index in [0.717, 1.165) is 50.8 Å². The summed E-state index contributed by atoms with van der Waals surface area (Å²) >= 11 is 0. The Kier molecular flexibility index (Phi) is 11.6. The molecule has 1 aromatic carbocycles. The summed E-state index contributed by atoms with van der Waals surface area (Å²) in [5.41, 5.74) is 2.41. The highest BCUT2D eigenvalue weighted by atomic mass is 16.2. The first-order valence-corrected chi connectivity index (χ1v) is 14.2. The monoisotopic (exact) mass is 493 g/mol. The van der Waals surface area contributed by atoms with E-state index in [9.17, 15) is 9.59 Å². The summed E-state index contributed by atoms with van der Waals surface area (Å²) < 4.78 is 2.25. The molecule has 0 saturated heterocycles. The highest BCUT2D eigenvalue weighted by molar-refractivity contribution is 5.85. The van der Waals surface area contributed by atoms with Crippen molar-refractivity contribution in [3.05, 3.63) is 59.9 Å². The lowest BCUT2D eigenvalue weighted by atomic mass is 9.94. The second-order valence-corrected chi connectivity index (χ2v) is 10.9. The number of hydrogen-bond acceptors (Lipinski definition) is 2. The first-order valence-electron chi connectivity index (χ1n) is 14.2. The molecular weight excluding hydrogens is 446 g/mol. The molecule has 5 nitrogen and oxygen atoms in total. The van der Waals surface area contributed by atoms with Crippen LogP contribution in [0.1, 0.15) is 96.2 Å². The first kappa shape index (κ1) is 28.0. The lowest BCUT2D eigenvalue weighted by Gasteiger charge is -2.36. The van der Waals surface area contributed by atoms with Crippen LogP contribution in [0.2, 0.25) is 0 Å². The van der Waals surface area contributed by atoms with Crippen LogP contribution in [0.3, 0.4) is 0 Å². The molecule has 0 radical (unpaired) electrons. The largest absolute Gasteiger partial charge is 0.345 e. The van der Waals surface area contributed by atoms with Crippen molar-refractivity contribution in [2.75, 3.05) is 13.1 Å². The van der Waals surface area contributed by atoms with Crippen LogP contribution in [0.4, 0.5) is 0 Å². The minimum Gasteiger partial charge on any atom is -0.345 e. The van der Waals surface area contributed by atoms with Crippen LogP contribution in [0.15, 0.2) is 48.7 Å². The molecule has 2 aromatic rings. The molecule has 0 atom stereocenters. The van der Waals surface area contributed by atoms with Gasteiger partial charge in [0.15, 0.2) is 0 Å². The van der Waals surface area contributed by atoms with Gasteiger partial charge in [-0.3, -0.25) is 9.59 Å². The maximum Gasteiger partial charge on any atom is 0.242 e. The van der Waals surface area contributed by atoms with Crippen molar-refractivity contribution < 1.29 is 9.59 Å². The number of aromatic nitrogens is 1. The van der Waals surface area contributed by atoms with Gasteiger partial charge in [-0.25, -0.2) is 0 Å². The molecule has 1 heterocycles. The Bertz CT molecular complexity index is 915. The maximum absolute atomic E-state index is 13.9. The molecule has 1 saturated carbocycles. The van der Waals surface area contributed by atoms with Crippen molar-refractivity contribution in [3.63, 3.8) is 0 Å². The second-order valence-electron chi connectivity index (χ2n) is 10.9. The Morgan fingerprint density at radius 2 is 1.72 bits per heavy atom. The van der Waals surface area contributed by atoms with E-state index in [1.165, 1.54) is 24.8 Å². The molecule has 3 rings (SSSR count). The van der Waals surface area contributed by atoms with Gasteiger partial charge in [-0.1, -0.05) is 83.2 Å². The Morgan fingerprint density at radius 3 is 2.42 bits per heavy atom. The average molecular weight is 494 g/mol. The minimum atomic E-state index is 0.0990. The van der Waals surface area contributed by atoms with Crippen LogP contribution in [0.25, 0.3) is 0 Å². The van der Waals surface area contributed by atoms with Crippen LogP contribution in [0.5, 0.6) is 0 Å². The Balaban J connectivity index is 1.75. The summed E-state index contributed by atoms with van der Waals surface area (Å²) in [6, 6.07) is 14.9. The predicted octanol–water partition coefficient (Wildman–Crippen LogP) is 6.65. The number of benzene rings is 1. The van der Waals surface area contributed by atoms with Gasteiger partial charge in [-0.05, 0) is 49.3 Å². The third-order valence-corrected chi connectivity index (χ3v) is 7.44. The lowest BCUT2D eigenvalue weighted by molar-refractivity contribution is -0.143. The zero-order valence-electron chi connectivity index (χ0n) is 22.8. The molecule has 5 heteroatoms. The van der Waals surface area contributed by atoms with Gasteiger partial charge in [0.2, 0.25) is 11.8 Å². The van der Waals surface area contributed by atoms with Crippen molar-refractivity contribution in [3.8, 4) is 0 Å². The fourth-order valence-corrected chi connectivity index (χ4v) is 5.16. The molecule has 2 amide bonds. The maximum atomic E-state index is 13.9. The van der Waals surface area contributed by atoms with Gasteiger partial charge in [-0.15, -0.1) is 0 Å². The van der Waals surface area contributed by atoms with E-state index in [1.54, 1.807) is 0 Å². The van der Waals surface area contributed by atoms with Crippen LogP contribution in [0, 0.1) is 5.92 Å². The minimum absolute atomic E-state index is 0.0990. The van der Waals surface area contributed by atoms with E-state index in [2.05, 4.69) is 72.8 Å². The fraction of sp³-hybridized carbons (Fsp3) is 0.613. The number of carbonyl (C=O) groups is 2. The number of unbranched alkanes of at least 4 members (excludes halogenated alkanes) is 2. The molecule has 198 valence electrons. The summed E-state index contributed by atoms with van der Waals surface area (Å²) in [4.78, 5) is 30.9. The fourth-order valence-electron chi connectivity index (χ4n) is 5.16. The van der Waals surface area contributed by atoms with Gasteiger partial charge in [0.05, 0.1) is 13.1 Å². The molecule has 1 aromatic heterocycles. The van der Waals surface area contributed by atoms with Crippen molar-refractivity contribution >= 4 is 11.8 Å². The highest BCUT2D eigenvalue weighted by Gasteiger charge is 2.28. The van der Waals surface area contributed by atoms with E-state index >= 15 is 0 Å². The summed E-state index contributed by atoms with van der Waals surface area (Å²) in [7, 11) is 0. The zero-order chi connectivity index (χ0) is 25.8. The Hall–Kier alpha value is -2.56. The standard InChI is InChI=1S/C31H47N3O2/c1-4-5-8-19-30(35)33(22-20-26(2)3)25-31(36)34(28-16-11-7-12-17-28)24-29-18-13-21-32(29)23-27-14-9-6-10-15-27/h6,9-10,13-15,18,21,26,28H,4-5,7-8,11-12,16-17,19-20,22-25H2,1-3H3. The van der Waals surface area contributed by atoms with Gasteiger partial charge in [0.1, 0.15) is 0 Å². The SMILES string of the molecule is CCCCCC(=O)N(CCC(C)C)CC(=O)N(Cc1cccn1Cc1ccccc1)C1CCCCC1. The van der Waals surface area contributed by atoms with Gasteiger partial charge in [0.25, 0.3) is 0 Å². The van der Waals surface area contributed by atoms with Crippen molar-refractivity contribution in [2.24, 2.45) is 5.92 Å². The Labute approximate surface area is 218 Å². The molecule has 1 aliphatic carbocycles. The molecule has 0 N–H and O–H groups in total. The molecule has 36 heavy (non-hydrogen) atoms. The van der Waals surface area contributed by atoms with Crippen LogP contribution < -0.4 is 0 Å². The molecule has 1 fully saturated rings. The van der Waals surface area contributed by atoms with Crippen LogP contribution >= 0.6 is 0 Å². The third-order valence-electron chi connectivity index (χ3n) is 7.44. The Morgan fingerprint density at radius 1 is 0.972 bits per heavy atom. The highest BCUT2D eigenvalue weighted by Crippen LogP contribution is 2.25. The van der Waals surface area contributed by atoms with E-state index < -0.39 is 0 Å². The number of rotatable bonds is 14. The number of nitrogens with zero attached hydrogens (tertiary/aromatic N) is 3. The van der Waals surface area contributed by atoms with Crippen LogP contribution in [-0.2, 0) is 22.7 Å². The quantitative estimate of drug-likeness (QED) is 0.277. The van der Waals surface area contributed by atoms with Crippen molar-refractivity contribution in [2.45, 2.75) is 104 Å².